The van der Waals surface area contributed by atoms with E-state index < -0.39 is 31.6 Å². The van der Waals surface area contributed by atoms with E-state index >= 15 is 0 Å². The molecule has 5 nitrogen and oxygen atoms in total. The molecule has 0 aliphatic carbocycles. The molecule has 0 unspecified atom stereocenters. The summed E-state index contributed by atoms with van der Waals surface area (Å²) in [6.45, 7) is 16.7. The minimum absolute atomic E-state index is 0.0179. The van der Waals surface area contributed by atoms with E-state index in [1.165, 1.54) is 12.3 Å². The molecule has 0 bridgehead atoms. The standard InChI is InChI=1S/C26H36F2N2O3Si/c1-25(2,3)33-24(31)30-23-19(20-17-18(27)12-13-21(20)28)14-15-29-22(23)11-9-10-16-32-34(7,8)26(4,5)6/h9,11-15,17H,10,16H2,1-8H3,(H,30,31)/b11-9+. The van der Waals surface area contributed by atoms with Crippen molar-refractivity contribution in [2.24, 2.45) is 0 Å². The monoisotopic (exact) mass is 490 g/mol. The van der Waals surface area contributed by atoms with Crippen LogP contribution in [0, 0.1) is 11.6 Å². The maximum atomic E-state index is 14.6. The summed E-state index contributed by atoms with van der Waals surface area (Å²) >= 11 is 0. The Labute approximate surface area is 202 Å². The first kappa shape index (κ1) is 27.7. The van der Waals surface area contributed by atoms with Crippen LogP contribution >= 0.6 is 0 Å². The van der Waals surface area contributed by atoms with Crippen LogP contribution in [0.25, 0.3) is 17.2 Å². The van der Waals surface area contributed by atoms with Crippen LogP contribution in [0.5, 0.6) is 0 Å². The van der Waals surface area contributed by atoms with Crippen LogP contribution in [-0.2, 0) is 9.16 Å². The van der Waals surface area contributed by atoms with Crippen LogP contribution < -0.4 is 5.32 Å². The Bertz CT molecular complexity index is 1040. The van der Waals surface area contributed by atoms with E-state index in [1.807, 2.05) is 6.08 Å². The normalized spacial score (nSPS) is 12.8. The maximum Gasteiger partial charge on any atom is 0.412 e. The molecule has 34 heavy (non-hydrogen) atoms. The van der Waals surface area contributed by atoms with Gasteiger partial charge in [-0.05, 0) is 75.7 Å². The Hall–Kier alpha value is -2.58. The van der Waals surface area contributed by atoms with Gasteiger partial charge in [-0.15, -0.1) is 0 Å². The SMILES string of the molecule is CC(C)(C)OC(=O)Nc1c(-c2cc(F)ccc2F)ccnc1/C=C/CCO[Si](C)(C)C(C)(C)C. The summed E-state index contributed by atoms with van der Waals surface area (Å²) in [6.07, 6.45) is 5.04. The first-order valence-electron chi connectivity index (χ1n) is 11.4. The molecule has 1 N–H and O–H groups in total. The highest BCUT2D eigenvalue weighted by molar-refractivity contribution is 6.74. The minimum Gasteiger partial charge on any atom is -0.444 e. The molecule has 186 valence electrons. The van der Waals surface area contributed by atoms with E-state index in [0.717, 1.165) is 18.2 Å². The Kier molecular flexibility index (Phi) is 8.77. The molecule has 1 aromatic carbocycles. The summed E-state index contributed by atoms with van der Waals surface area (Å²) in [5.41, 5.74) is 0.231. The van der Waals surface area contributed by atoms with Crippen LogP contribution in [0.2, 0.25) is 18.1 Å². The number of hydrogen-bond donors (Lipinski definition) is 1. The minimum atomic E-state index is -1.85. The highest BCUT2D eigenvalue weighted by Gasteiger charge is 2.36. The van der Waals surface area contributed by atoms with Gasteiger partial charge in [0.15, 0.2) is 8.32 Å². The van der Waals surface area contributed by atoms with Crippen molar-refractivity contribution in [3.8, 4) is 11.1 Å². The molecule has 1 amide bonds. The highest BCUT2D eigenvalue weighted by Crippen LogP contribution is 2.37. The molecule has 0 aliphatic heterocycles. The number of carbonyl (C=O) groups excluding carboxylic acids is 1. The zero-order valence-electron chi connectivity index (χ0n) is 21.4. The first-order valence-corrected chi connectivity index (χ1v) is 14.3. The number of amides is 1. The summed E-state index contributed by atoms with van der Waals surface area (Å²) in [5.74, 6) is -1.20. The molecule has 0 atom stereocenters. The number of anilines is 1. The van der Waals surface area contributed by atoms with Crippen molar-refractivity contribution >= 4 is 26.2 Å². The summed E-state index contributed by atoms with van der Waals surface area (Å²) in [5, 5.41) is 2.79. The Morgan fingerprint density at radius 3 is 2.38 bits per heavy atom. The van der Waals surface area contributed by atoms with Crippen molar-refractivity contribution < 1.29 is 22.7 Å². The second-order valence-corrected chi connectivity index (χ2v) is 15.5. The Morgan fingerprint density at radius 2 is 1.76 bits per heavy atom. The van der Waals surface area contributed by atoms with Gasteiger partial charge in [-0.2, -0.15) is 0 Å². The molecule has 8 heteroatoms. The maximum absolute atomic E-state index is 14.6. The largest absolute Gasteiger partial charge is 0.444 e. The van der Waals surface area contributed by atoms with Crippen LogP contribution in [0.1, 0.15) is 53.7 Å². The van der Waals surface area contributed by atoms with Gasteiger partial charge in [0, 0.05) is 23.9 Å². The second kappa shape index (κ2) is 10.8. The first-order chi connectivity index (χ1) is 15.6. The number of ether oxygens (including phenoxy) is 1. The molecule has 0 spiro atoms. The van der Waals surface area contributed by atoms with E-state index in [9.17, 15) is 13.6 Å². The van der Waals surface area contributed by atoms with Crippen LogP contribution in [-0.4, -0.2) is 31.6 Å². The zero-order chi connectivity index (χ0) is 25.7. The smallest absolute Gasteiger partial charge is 0.412 e. The quantitative estimate of drug-likeness (QED) is 0.318. The number of pyridine rings is 1. The van der Waals surface area contributed by atoms with Gasteiger partial charge in [0.2, 0.25) is 0 Å². The average molecular weight is 491 g/mol. The molecular weight excluding hydrogens is 454 g/mol. The number of nitrogens with one attached hydrogen (secondary N) is 1. The van der Waals surface area contributed by atoms with Crippen molar-refractivity contribution in [2.45, 2.75) is 71.7 Å². The summed E-state index contributed by atoms with van der Waals surface area (Å²) in [6, 6.07) is 4.72. The molecule has 0 saturated carbocycles. The lowest BCUT2D eigenvalue weighted by atomic mass is 10.0. The lowest BCUT2D eigenvalue weighted by molar-refractivity contribution is 0.0636. The summed E-state index contributed by atoms with van der Waals surface area (Å²) in [4.78, 5) is 16.9. The van der Waals surface area contributed by atoms with Crippen molar-refractivity contribution in [1.82, 2.24) is 4.98 Å². The van der Waals surface area contributed by atoms with Crippen molar-refractivity contribution in [3.63, 3.8) is 0 Å². The van der Waals surface area contributed by atoms with Crippen LogP contribution in [0.4, 0.5) is 19.3 Å². The van der Waals surface area contributed by atoms with Gasteiger partial charge in [-0.3, -0.25) is 10.3 Å². The molecule has 0 radical (unpaired) electrons. The molecule has 0 fully saturated rings. The van der Waals surface area contributed by atoms with Crippen molar-refractivity contribution in [1.29, 1.82) is 0 Å². The lowest BCUT2D eigenvalue weighted by Crippen LogP contribution is -2.40. The van der Waals surface area contributed by atoms with Gasteiger partial charge in [-0.1, -0.05) is 26.8 Å². The van der Waals surface area contributed by atoms with Crippen molar-refractivity contribution in [3.05, 3.63) is 53.9 Å². The second-order valence-electron chi connectivity index (χ2n) is 10.7. The van der Waals surface area contributed by atoms with Crippen LogP contribution in [0.15, 0.2) is 36.5 Å². The molecule has 2 aromatic rings. The highest BCUT2D eigenvalue weighted by atomic mass is 28.4. The Balaban J connectivity index is 2.35. The van der Waals surface area contributed by atoms with Gasteiger partial charge in [-0.25, -0.2) is 13.6 Å². The number of hydrogen-bond acceptors (Lipinski definition) is 4. The number of benzene rings is 1. The molecule has 1 heterocycles. The molecule has 1 aromatic heterocycles. The fourth-order valence-electron chi connectivity index (χ4n) is 2.86. The lowest BCUT2D eigenvalue weighted by Gasteiger charge is -2.36. The van der Waals surface area contributed by atoms with E-state index in [1.54, 1.807) is 26.8 Å². The van der Waals surface area contributed by atoms with Crippen molar-refractivity contribution in [2.75, 3.05) is 11.9 Å². The number of nitrogens with zero attached hydrogens (tertiary/aromatic N) is 1. The van der Waals surface area contributed by atoms with E-state index in [-0.39, 0.29) is 16.3 Å². The van der Waals surface area contributed by atoms with Gasteiger partial charge in [0.05, 0.1) is 11.4 Å². The number of halogens is 2. The fourth-order valence-corrected chi connectivity index (χ4v) is 3.92. The topological polar surface area (TPSA) is 60.5 Å². The molecule has 0 saturated heterocycles. The molecule has 2 rings (SSSR count). The predicted molar refractivity (Wildman–Crippen MR) is 136 cm³/mol. The third-order valence-corrected chi connectivity index (χ3v) is 10.2. The summed E-state index contributed by atoms with van der Waals surface area (Å²) in [7, 11) is -1.85. The zero-order valence-corrected chi connectivity index (χ0v) is 22.4. The van der Waals surface area contributed by atoms with Crippen LogP contribution in [0.3, 0.4) is 0 Å². The van der Waals surface area contributed by atoms with Gasteiger partial charge >= 0.3 is 6.09 Å². The van der Waals surface area contributed by atoms with Gasteiger partial charge in [0.25, 0.3) is 0 Å². The molecular formula is C26H36F2N2O3Si. The van der Waals surface area contributed by atoms with Gasteiger partial charge in [0.1, 0.15) is 17.2 Å². The third-order valence-electron chi connectivity index (χ3n) is 5.65. The average Bonchev–Trinajstić information content (AvgIpc) is 2.68. The fraction of sp³-hybridized carbons (Fsp3) is 0.462. The van der Waals surface area contributed by atoms with E-state index in [0.29, 0.717) is 24.3 Å². The van der Waals surface area contributed by atoms with E-state index in [2.05, 4.69) is 44.2 Å². The Morgan fingerprint density at radius 1 is 1.09 bits per heavy atom. The number of rotatable bonds is 7. The predicted octanol–water partition coefficient (Wildman–Crippen LogP) is 7.80. The van der Waals surface area contributed by atoms with E-state index in [4.69, 9.17) is 9.16 Å². The third kappa shape index (κ3) is 7.74. The number of carbonyl (C=O) groups is 1. The van der Waals surface area contributed by atoms with Gasteiger partial charge < -0.3 is 9.16 Å². The number of aromatic nitrogens is 1. The molecule has 0 aliphatic rings. The summed E-state index contributed by atoms with van der Waals surface area (Å²) < 4.78 is 40.0.